The minimum absolute atomic E-state index is 0.0300. The van der Waals surface area contributed by atoms with Crippen LogP contribution in [-0.2, 0) is 6.54 Å². The van der Waals surface area contributed by atoms with E-state index in [2.05, 4.69) is 58.5 Å². The van der Waals surface area contributed by atoms with Crippen molar-refractivity contribution in [1.29, 1.82) is 0 Å². The van der Waals surface area contributed by atoms with Crippen LogP contribution in [0.3, 0.4) is 0 Å². The lowest BCUT2D eigenvalue weighted by Gasteiger charge is -2.47. The van der Waals surface area contributed by atoms with Gasteiger partial charge in [0, 0.05) is 43.4 Å². The third-order valence-electron chi connectivity index (χ3n) is 5.89. The SMILES string of the molecule is CCN1CCC2(CC1)CC(NCc1cccc(C)n1)c1ccccc1O2. The molecule has 1 atom stereocenters. The Kier molecular flexibility index (Phi) is 4.96. The van der Waals surface area contributed by atoms with Crippen molar-refractivity contribution >= 4 is 0 Å². The minimum Gasteiger partial charge on any atom is -0.487 e. The van der Waals surface area contributed by atoms with Crippen molar-refractivity contribution < 1.29 is 4.74 Å². The average Bonchev–Trinajstić information content (AvgIpc) is 2.67. The Morgan fingerprint density at radius 1 is 1.15 bits per heavy atom. The summed E-state index contributed by atoms with van der Waals surface area (Å²) in [7, 11) is 0. The van der Waals surface area contributed by atoms with Crippen LogP contribution >= 0.6 is 0 Å². The van der Waals surface area contributed by atoms with E-state index >= 15 is 0 Å². The number of hydrogen-bond acceptors (Lipinski definition) is 4. The summed E-state index contributed by atoms with van der Waals surface area (Å²) in [5, 5.41) is 3.76. The van der Waals surface area contributed by atoms with E-state index in [0.717, 1.165) is 62.6 Å². The first kappa shape index (κ1) is 17.5. The summed E-state index contributed by atoms with van der Waals surface area (Å²) in [4.78, 5) is 7.16. The van der Waals surface area contributed by atoms with E-state index in [4.69, 9.17) is 4.74 Å². The zero-order valence-corrected chi connectivity index (χ0v) is 15.9. The molecule has 4 heteroatoms. The van der Waals surface area contributed by atoms with Gasteiger partial charge in [-0.3, -0.25) is 4.98 Å². The fourth-order valence-corrected chi connectivity index (χ4v) is 4.31. The molecular weight excluding hydrogens is 322 g/mol. The van der Waals surface area contributed by atoms with Gasteiger partial charge in [-0.2, -0.15) is 0 Å². The molecule has 0 radical (unpaired) electrons. The summed E-state index contributed by atoms with van der Waals surface area (Å²) in [5.74, 6) is 1.05. The number of piperidine rings is 1. The van der Waals surface area contributed by atoms with Crippen molar-refractivity contribution in [1.82, 2.24) is 15.2 Å². The molecule has 138 valence electrons. The summed E-state index contributed by atoms with van der Waals surface area (Å²) in [6.07, 6.45) is 3.25. The van der Waals surface area contributed by atoms with Crippen LogP contribution in [0.4, 0.5) is 0 Å². The minimum atomic E-state index is -0.0300. The van der Waals surface area contributed by atoms with Crippen LogP contribution in [0.15, 0.2) is 42.5 Å². The number of nitrogens with zero attached hydrogens (tertiary/aromatic N) is 2. The van der Waals surface area contributed by atoms with Crippen molar-refractivity contribution in [2.75, 3.05) is 19.6 Å². The van der Waals surface area contributed by atoms with Crippen LogP contribution < -0.4 is 10.1 Å². The number of aromatic nitrogens is 1. The lowest BCUT2D eigenvalue weighted by Crippen LogP contribution is -2.51. The number of benzene rings is 1. The van der Waals surface area contributed by atoms with E-state index in [9.17, 15) is 0 Å². The summed E-state index contributed by atoms with van der Waals surface area (Å²) in [6, 6.07) is 15.1. The lowest BCUT2D eigenvalue weighted by molar-refractivity contribution is -0.0244. The second kappa shape index (κ2) is 7.37. The van der Waals surface area contributed by atoms with Crippen LogP contribution in [0.5, 0.6) is 5.75 Å². The number of rotatable bonds is 4. The smallest absolute Gasteiger partial charge is 0.124 e. The molecule has 0 saturated carbocycles. The van der Waals surface area contributed by atoms with E-state index in [-0.39, 0.29) is 5.60 Å². The molecule has 0 bridgehead atoms. The van der Waals surface area contributed by atoms with Crippen molar-refractivity contribution in [2.24, 2.45) is 0 Å². The number of fused-ring (bicyclic) bond motifs is 1. The van der Waals surface area contributed by atoms with Gasteiger partial charge < -0.3 is 15.0 Å². The third-order valence-corrected chi connectivity index (χ3v) is 5.89. The molecule has 0 amide bonds. The molecular formula is C22H29N3O. The number of hydrogen-bond donors (Lipinski definition) is 1. The van der Waals surface area contributed by atoms with Gasteiger partial charge in [0.15, 0.2) is 0 Å². The number of ether oxygens (including phenoxy) is 1. The monoisotopic (exact) mass is 351 g/mol. The van der Waals surface area contributed by atoms with E-state index in [1.807, 2.05) is 13.0 Å². The molecule has 0 aliphatic carbocycles. The van der Waals surface area contributed by atoms with Gasteiger partial charge in [0.1, 0.15) is 11.4 Å². The van der Waals surface area contributed by atoms with Gasteiger partial charge in [-0.15, -0.1) is 0 Å². The molecule has 1 aromatic heterocycles. The van der Waals surface area contributed by atoms with Gasteiger partial charge in [-0.1, -0.05) is 31.2 Å². The van der Waals surface area contributed by atoms with E-state index in [0.29, 0.717) is 6.04 Å². The Hall–Kier alpha value is -1.91. The normalized spacial score (nSPS) is 22.0. The number of nitrogens with one attached hydrogen (secondary N) is 1. The van der Waals surface area contributed by atoms with Gasteiger partial charge >= 0.3 is 0 Å². The van der Waals surface area contributed by atoms with Gasteiger partial charge in [-0.25, -0.2) is 0 Å². The van der Waals surface area contributed by atoms with E-state index in [1.165, 1.54) is 5.56 Å². The molecule has 1 spiro atoms. The fraction of sp³-hybridized carbons (Fsp3) is 0.500. The molecule has 2 aromatic rings. The molecule has 4 rings (SSSR count). The first-order chi connectivity index (χ1) is 12.7. The van der Waals surface area contributed by atoms with Crippen LogP contribution in [-0.4, -0.2) is 35.1 Å². The largest absolute Gasteiger partial charge is 0.487 e. The molecule has 1 aromatic carbocycles. The summed E-state index contributed by atoms with van der Waals surface area (Å²) >= 11 is 0. The van der Waals surface area contributed by atoms with E-state index in [1.54, 1.807) is 0 Å². The summed E-state index contributed by atoms with van der Waals surface area (Å²) < 4.78 is 6.57. The predicted molar refractivity (Wildman–Crippen MR) is 104 cm³/mol. The Balaban J connectivity index is 1.53. The molecule has 3 heterocycles. The Morgan fingerprint density at radius 3 is 2.73 bits per heavy atom. The molecule has 2 aliphatic heterocycles. The Morgan fingerprint density at radius 2 is 1.96 bits per heavy atom. The maximum Gasteiger partial charge on any atom is 0.124 e. The molecule has 1 unspecified atom stereocenters. The molecule has 4 nitrogen and oxygen atoms in total. The molecule has 26 heavy (non-hydrogen) atoms. The summed E-state index contributed by atoms with van der Waals surface area (Å²) in [6.45, 7) is 8.47. The number of likely N-dealkylation sites (tertiary alicyclic amines) is 1. The van der Waals surface area contributed by atoms with Crippen molar-refractivity contribution in [3.05, 3.63) is 59.4 Å². The topological polar surface area (TPSA) is 37.4 Å². The highest BCUT2D eigenvalue weighted by molar-refractivity contribution is 5.39. The highest BCUT2D eigenvalue weighted by atomic mass is 16.5. The van der Waals surface area contributed by atoms with Crippen LogP contribution in [0.25, 0.3) is 0 Å². The zero-order valence-electron chi connectivity index (χ0n) is 15.9. The van der Waals surface area contributed by atoms with Crippen molar-refractivity contribution in [3.63, 3.8) is 0 Å². The number of aryl methyl sites for hydroxylation is 1. The predicted octanol–water partition coefficient (Wildman–Crippen LogP) is 3.86. The number of pyridine rings is 1. The van der Waals surface area contributed by atoms with Crippen molar-refractivity contribution in [2.45, 2.75) is 51.3 Å². The maximum absolute atomic E-state index is 6.57. The lowest BCUT2D eigenvalue weighted by atomic mass is 9.80. The fourth-order valence-electron chi connectivity index (χ4n) is 4.31. The second-order valence-electron chi connectivity index (χ2n) is 7.67. The van der Waals surface area contributed by atoms with E-state index < -0.39 is 0 Å². The first-order valence-corrected chi connectivity index (χ1v) is 9.84. The van der Waals surface area contributed by atoms with Gasteiger partial charge in [0.2, 0.25) is 0 Å². The van der Waals surface area contributed by atoms with Crippen molar-refractivity contribution in [3.8, 4) is 5.75 Å². The average molecular weight is 351 g/mol. The quantitative estimate of drug-likeness (QED) is 0.908. The Bertz CT molecular complexity index is 753. The molecule has 1 N–H and O–H groups in total. The van der Waals surface area contributed by atoms with Crippen LogP contribution in [0.2, 0.25) is 0 Å². The van der Waals surface area contributed by atoms with Crippen LogP contribution in [0.1, 0.15) is 49.2 Å². The van der Waals surface area contributed by atoms with Gasteiger partial charge in [-0.05, 0) is 44.5 Å². The van der Waals surface area contributed by atoms with Gasteiger partial charge in [0.05, 0.1) is 5.69 Å². The maximum atomic E-state index is 6.57. The second-order valence-corrected chi connectivity index (χ2v) is 7.67. The highest BCUT2D eigenvalue weighted by Crippen LogP contribution is 2.44. The Labute approximate surface area is 156 Å². The molecule has 1 saturated heterocycles. The standard InChI is InChI=1S/C22H29N3O/c1-3-25-13-11-22(12-14-25)15-20(19-9-4-5-10-21(19)26-22)23-16-18-8-6-7-17(2)24-18/h4-10,20,23H,3,11-16H2,1-2H3. The molecule has 2 aliphatic rings. The van der Waals surface area contributed by atoms with Gasteiger partial charge in [0.25, 0.3) is 0 Å². The molecule has 1 fully saturated rings. The first-order valence-electron chi connectivity index (χ1n) is 9.84. The van der Waals surface area contributed by atoms with Crippen LogP contribution in [0, 0.1) is 6.92 Å². The highest BCUT2D eigenvalue weighted by Gasteiger charge is 2.42. The third kappa shape index (κ3) is 3.62. The summed E-state index contributed by atoms with van der Waals surface area (Å²) in [5.41, 5.74) is 3.42. The zero-order chi connectivity index (χ0) is 18.0. The number of para-hydroxylation sites is 1.